The van der Waals surface area contributed by atoms with E-state index in [1.807, 2.05) is 40.8 Å². The van der Waals surface area contributed by atoms with Gasteiger partial charge in [0.25, 0.3) is 0 Å². The maximum Gasteiger partial charge on any atom is 0.230 e. The number of nitrogens with one attached hydrogen (secondary N) is 1. The molecule has 5 N–H and O–H groups in total. The molecule has 2 aromatic carbocycles. The number of amides is 1. The molecule has 0 atom stereocenters. The first-order valence-corrected chi connectivity index (χ1v) is 12.3. The number of alkyl halides is 1. The van der Waals surface area contributed by atoms with E-state index < -0.39 is 0 Å². The summed E-state index contributed by atoms with van der Waals surface area (Å²) in [5.74, 6) is 1.36. The summed E-state index contributed by atoms with van der Waals surface area (Å²) in [7, 11) is 0. The van der Waals surface area contributed by atoms with Crippen LogP contribution < -0.4 is 11.1 Å². The first-order valence-electron chi connectivity index (χ1n) is 10.8. The standard InChI is InChI=1S/C24H26IN5O3/c1-2-3-4-20-29-22-23(30(20)13-15-10-16(31)6-8-19(15)32)17-7-5-14(12-27-21(33)11-25)9-18(17)28-24(22)26/h5-10,31-32H,2-4,11-13H2,1H3,(H2,26,28)(H,27,33). The lowest BCUT2D eigenvalue weighted by Gasteiger charge is -2.13. The number of nitrogen functional groups attached to an aromatic ring is 1. The molecule has 1 amide bonds. The van der Waals surface area contributed by atoms with Crippen LogP contribution in [0.1, 0.15) is 36.7 Å². The Kier molecular flexibility index (Phi) is 6.87. The van der Waals surface area contributed by atoms with Gasteiger partial charge in [0, 0.05) is 23.9 Å². The number of halogens is 1. The van der Waals surface area contributed by atoms with Gasteiger partial charge in [-0.3, -0.25) is 4.79 Å². The highest BCUT2D eigenvalue weighted by Crippen LogP contribution is 2.32. The number of unbranched alkanes of at least 4 members (excludes halogenated alkanes) is 1. The monoisotopic (exact) mass is 559 g/mol. The number of carbonyl (C=O) groups excluding carboxylic acids is 1. The molecule has 0 saturated carbocycles. The number of aromatic nitrogens is 3. The topological polar surface area (TPSA) is 126 Å². The molecular weight excluding hydrogens is 533 g/mol. The van der Waals surface area contributed by atoms with Gasteiger partial charge in [0.15, 0.2) is 5.82 Å². The molecule has 9 heteroatoms. The van der Waals surface area contributed by atoms with Crippen LogP contribution >= 0.6 is 22.6 Å². The SMILES string of the molecule is CCCCc1nc2c(N)nc3cc(CNC(=O)CI)ccc3c2n1Cc1cc(O)ccc1O. The second-order valence-electron chi connectivity index (χ2n) is 7.99. The van der Waals surface area contributed by atoms with Crippen LogP contribution in [0.3, 0.4) is 0 Å². The lowest BCUT2D eigenvalue weighted by atomic mass is 10.1. The number of pyridine rings is 1. The van der Waals surface area contributed by atoms with E-state index >= 15 is 0 Å². The second kappa shape index (κ2) is 9.82. The van der Waals surface area contributed by atoms with Crippen molar-refractivity contribution >= 4 is 56.3 Å². The van der Waals surface area contributed by atoms with E-state index in [2.05, 4.69) is 21.8 Å². The van der Waals surface area contributed by atoms with Gasteiger partial charge in [-0.15, -0.1) is 0 Å². The van der Waals surface area contributed by atoms with E-state index in [0.717, 1.165) is 41.6 Å². The van der Waals surface area contributed by atoms with Crippen molar-refractivity contribution in [1.29, 1.82) is 0 Å². The molecule has 2 aromatic heterocycles. The van der Waals surface area contributed by atoms with Crippen molar-refractivity contribution in [3.63, 3.8) is 0 Å². The fourth-order valence-corrected chi connectivity index (χ4v) is 4.20. The van der Waals surface area contributed by atoms with Crippen LogP contribution in [-0.4, -0.2) is 35.1 Å². The number of fused-ring (bicyclic) bond motifs is 3. The molecule has 33 heavy (non-hydrogen) atoms. The van der Waals surface area contributed by atoms with Crippen molar-refractivity contribution in [2.24, 2.45) is 0 Å². The molecule has 0 radical (unpaired) electrons. The predicted molar refractivity (Wildman–Crippen MR) is 138 cm³/mol. The van der Waals surface area contributed by atoms with Crippen LogP contribution in [0.25, 0.3) is 21.9 Å². The number of hydrogen-bond acceptors (Lipinski definition) is 6. The highest BCUT2D eigenvalue weighted by atomic mass is 127. The lowest BCUT2D eigenvalue weighted by molar-refractivity contribution is -0.118. The van der Waals surface area contributed by atoms with Gasteiger partial charge in [-0.2, -0.15) is 0 Å². The molecule has 0 spiro atoms. The number of rotatable bonds is 8. The van der Waals surface area contributed by atoms with E-state index in [1.165, 1.54) is 12.1 Å². The number of phenolic OH excluding ortho intramolecular Hbond substituents is 2. The molecule has 2 heterocycles. The minimum Gasteiger partial charge on any atom is -0.508 e. The summed E-state index contributed by atoms with van der Waals surface area (Å²) in [5, 5.41) is 24.1. The van der Waals surface area contributed by atoms with Crippen LogP contribution in [0.2, 0.25) is 0 Å². The summed E-state index contributed by atoms with van der Waals surface area (Å²) in [4.78, 5) is 21.0. The molecule has 4 rings (SSSR count). The third kappa shape index (κ3) is 4.82. The Bertz CT molecular complexity index is 1340. The van der Waals surface area contributed by atoms with E-state index in [-0.39, 0.29) is 17.4 Å². The van der Waals surface area contributed by atoms with Crippen LogP contribution in [0, 0.1) is 0 Å². The van der Waals surface area contributed by atoms with Crippen molar-refractivity contribution in [2.45, 2.75) is 39.3 Å². The van der Waals surface area contributed by atoms with Crippen LogP contribution in [0.5, 0.6) is 11.5 Å². The van der Waals surface area contributed by atoms with Gasteiger partial charge >= 0.3 is 0 Å². The number of aromatic hydroxyl groups is 2. The Morgan fingerprint density at radius 2 is 2.00 bits per heavy atom. The van der Waals surface area contributed by atoms with E-state index in [0.29, 0.717) is 39.9 Å². The van der Waals surface area contributed by atoms with Crippen LogP contribution in [-0.2, 0) is 24.3 Å². The van der Waals surface area contributed by atoms with Crippen molar-refractivity contribution in [1.82, 2.24) is 19.9 Å². The van der Waals surface area contributed by atoms with Gasteiger partial charge in [0.2, 0.25) is 5.91 Å². The van der Waals surface area contributed by atoms with Gasteiger partial charge in [0.1, 0.15) is 22.8 Å². The van der Waals surface area contributed by atoms with Gasteiger partial charge in [-0.05, 0) is 36.2 Å². The molecule has 0 aliphatic rings. The van der Waals surface area contributed by atoms with E-state index in [9.17, 15) is 15.0 Å². The fraction of sp³-hybridized carbons (Fsp3) is 0.292. The van der Waals surface area contributed by atoms with Gasteiger partial charge < -0.3 is 25.8 Å². The van der Waals surface area contributed by atoms with Crippen LogP contribution in [0.4, 0.5) is 5.82 Å². The summed E-state index contributed by atoms with van der Waals surface area (Å²) in [6, 6.07) is 10.4. The Morgan fingerprint density at radius 1 is 1.18 bits per heavy atom. The zero-order valence-electron chi connectivity index (χ0n) is 18.3. The zero-order chi connectivity index (χ0) is 23.5. The Morgan fingerprint density at radius 3 is 2.76 bits per heavy atom. The average Bonchev–Trinajstić information content (AvgIpc) is 3.17. The number of anilines is 1. The Balaban J connectivity index is 1.87. The second-order valence-corrected chi connectivity index (χ2v) is 8.75. The molecule has 0 saturated heterocycles. The number of imidazole rings is 1. The summed E-state index contributed by atoms with van der Waals surface area (Å²) in [5.41, 5.74) is 10.0. The smallest absolute Gasteiger partial charge is 0.230 e. The Labute approximate surface area is 205 Å². The minimum absolute atomic E-state index is 0.0248. The number of hydrogen-bond donors (Lipinski definition) is 4. The van der Waals surface area contributed by atoms with Crippen molar-refractivity contribution in [3.8, 4) is 11.5 Å². The van der Waals surface area contributed by atoms with Gasteiger partial charge in [-0.25, -0.2) is 9.97 Å². The zero-order valence-corrected chi connectivity index (χ0v) is 20.5. The normalized spacial score (nSPS) is 11.3. The Hall–Kier alpha value is -3.08. The maximum atomic E-state index is 11.6. The fourth-order valence-electron chi connectivity index (χ4n) is 3.93. The largest absolute Gasteiger partial charge is 0.508 e. The maximum absolute atomic E-state index is 11.6. The minimum atomic E-state index is -0.0248. The number of carbonyl (C=O) groups is 1. The summed E-state index contributed by atoms with van der Waals surface area (Å²) < 4.78 is 2.45. The third-order valence-corrected chi connectivity index (χ3v) is 6.30. The molecule has 0 unspecified atom stereocenters. The highest BCUT2D eigenvalue weighted by molar-refractivity contribution is 14.1. The van der Waals surface area contributed by atoms with Gasteiger partial charge in [-0.1, -0.05) is 48.1 Å². The third-order valence-electron chi connectivity index (χ3n) is 5.60. The number of aryl methyl sites for hydroxylation is 1. The first kappa shape index (κ1) is 23.1. The lowest BCUT2D eigenvalue weighted by Crippen LogP contribution is -2.23. The number of benzene rings is 2. The number of phenols is 2. The van der Waals surface area contributed by atoms with Gasteiger partial charge in [0.05, 0.1) is 22.0 Å². The molecule has 172 valence electrons. The van der Waals surface area contributed by atoms with Crippen molar-refractivity contribution in [2.75, 3.05) is 10.2 Å². The van der Waals surface area contributed by atoms with E-state index in [1.54, 1.807) is 6.07 Å². The molecular formula is C24H26IN5O3. The average molecular weight is 559 g/mol. The molecule has 0 fully saturated rings. The predicted octanol–water partition coefficient (Wildman–Crippen LogP) is 4.02. The van der Waals surface area contributed by atoms with Crippen LogP contribution in [0.15, 0.2) is 36.4 Å². The summed E-state index contributed by atoms with van der Waals surface area (Å²) in [6.07, 6.45) is 2.73. The number of nitrogens with zero attached hydrogens (tertiary/aromatic N) is 3. The summed E-state index contributed by atoms with van der Waals surface area (Å²) in [6.45, 7) is 2.87. The first-order chi connectivity index (χ1) is 15.9. The molecule has 4 aromatic rings. The number of nitrogens with two attached hydrogens (primary N) is 1. The van der Waals surface area contributed by atoms with E-state index in [4.69, 9.17) is 10.7 Å². The molecule has 0 aliphatic heterocycles. The van der Waals surface area contributed by atoms with Crippen molar-refractivity contribution < 1.29 is 15.0 Å². The summed E-state index contributed by atoms with van der Waals surface area (Å²) >= 11 is 2.03. The highest BCUT2D eigenvalue weighted by Gasteiger charge is 2.19. The quantitative estimate of drug-likeness (QED) is 0.147. The molecule has 0 bridgehead atoms. The molecule has 8 nitrogen and oxygen atoms in total. The van der Waals surface area contributed by atoms with Crippen molar-refractivity contribution in [3.05, 3.63) is 53.3 Å². The molecule has 0 aliphatic carbocycles.